The Bertz CT molecular complexity index is 1010. The molecule has 0 aliphatic carbocycles. The third kappa shape index (κ3) is 4.94. The number of nitro groups is 1. The Morgan fingerprint density at radius 2 is 1.43 bits per heavy atom. The second-order valence-corrected chi connectivity index (χ2v) is 13.2. The highest BCUT2D eigenvalue weighted by molar-refractivity contribution is 9.10. The van der Waals surface area contributed by atoms with E-state index in [0.717, 1.165) is 20.8 Å². The van der Waals surface area contributed by atoms with Crippen LogP contribution in [0.25, 0.3) is 0 Å². The summed E-state index contributed by atoms with van der Waals surface area (Å²) >= 11 is 3.42. The van der Waals surface area contributed by atoms with Crippen molar-refractivity contribution in [1.29, 1.82) is 0 Å². The third-order valence-electron chi connectivity index (χ3n) is 5.60. The lowest BCUT2D eigenvalue weighted by atomic mass is 9.82. The monoisotopic (exact) mass is 481 g/mol. The van der Waals surface area contributed by atoms with Crippen molar-refractivity contribution in [2.45, 2.75) is 24.9 Å². The summed E-state index contributed by atoms with van der Waals surface area (Å²) in [7, 11) is -2.56. The minimum absolute atomic E-state index is 0.106. The molecule has 0 heterocycles. The van der Waals surface area contributed by atoms with Gasteiger partial charge in [-0.25, -0.2) is 0 Å². The van der Waals surface area contributed by atoms with Gasteiger partial charge in [-0.15, -0.1) is 0 Å². The molecule has 0 saturated heterocycles. The Balaban J connectivity index is 2.14. The molecule has 6 heteroatoms. The third-order valence-corrected chi connectivity index (χ3v) is 9.45. The average Bonchev–Trinajstić information content (AvgIpc) is 2.75. The van der Waals surface area contributed by atoms with Gasteiger partial charge in [-0.3, -0.25) is 10.1 Å². The van der Waals surface area contributed by atoms with E-state index < -0.39 is 19.9 Å². The van der Waals surface area contributed by atoms with Crippen LogP contribution < -0.4 is 5.19 Å². The zero-order valence-electron chi connectivity index (χ0n) is 17.0. The van der Waals surface area contributed by atoms with E-state index in [1.807, 2.05) is 98.0 Å². The van der Waals surface area contributed by atoms with Crippen molar-refractivity contribution in [1.82, 2.24) is 0 Å². The number of hydrogen-bond acceptors (Lipinski definition) is 3. The van der Waals surface area contributed by atoms with E-state index in [1.54, 1.807) is 0 Å². The molecule has 0 amide bonds. The van der Waals surface area contributed by atoms with Crippen molar-refractivity contribution in [3.8, 4) is 0 Å². The van der Waals surface area contributed by atoms with Crippen LogP contribution in [0, 0.1) is 10.1 Å². The van der Waals surface area contributed by atoms with Crippen LogP contribution >= 0.6 is 15.9 Å². The van der Waals surface area contributed by atoms with Crippen LogP contribution in [0.2, 0.25) is 13.1 Å². The molecule has 4 nitrogen and oxygen atoms in total. The quantitative estimate of drug-likeness (QED) is 0.248. The summed E-state index contributed by atoms with van der Waals surface area (Å²) in [6.07, 6.45) is 0. The van der Waals surface area contributed by atoms with E-state index in [9.17, 15) is 14.9 Å². The van der Waals surface area contributed by atoms with Crippen LogP contribution in [-0.2, 0) is 4.79 Å². The van der Waals surface area contributed by atoms with Gasteiger partial charge in [0.15, 0.2) is 8.07 Å². The van der Waals surface area contributed by atoms with Gasteiger partial charge < -0.3 is 4.79 Å². The van der Waals surface area contributed by atoms with E-state index in [4.69, 9.17) is 0 Å². The van der Waals surface area contributed by atoms with Crippen LogP contribution in [0.3, 0.4) is 0 Å². The summed E-state index contributed by atoms with van der Waals surface area (Å²) in [5, 5.41) is 12.8. The normalized spacial score (nSPS) is 13.4. The first-order valence-electron chi connectivity index (χ1n) is 9.82. The standard InChI is InChI=1S/C24H24BrNO3Si/c1-30(2,21-11-7-4-8-12-21)24(27)23(19-9-5-3-6-10-19)22(17-26(28)29)18-13-15-20(25)16-14-18/h3-16,22-23H,17H2,1-2H3/t22-,23+/m0/s1. The molecular weight excluding hydrogens is 458 g/mol. The molecule has 154 valence electrons. The summed E-state index contributed by atoms with van der Waals surface area (Å²) in [5.41, 5.74) is 1.63. The van der Waals surface area contributed by atoms with E-state index >= 15 is 0 Å². The number of rotatable bonds is 8. The number of benzene rings is 3. The van der Waals surface area contributed by atoms with Crippen LogP contribution in [0.15, 0.2) is 89.4 Å². The first-order chi connectivity index (χ1) is 14.3. The fourth-order valence-electron chi connectivity index (χ4n) is 3.89. The summed E-state index contributed by atoms with van der Waals surface area (Å²) in [4.78, 5) is 25.4. The van der Waals surface area contributed by atoms with E-state index in [2.05, 4.69) is 15.9 Å². The fourth-order valence-corrected chi connectivity index (χ4v) is 6.61. The highest BCUT2D eigenvalue weighted by Crippen LogP contribution is 2.37. The zero-order valence-corrected chi connectivity index (χ0v) is 19.6. The predicted molar refractivity (Wildman–Crippen MR) is 126 cm³/mol. The lowest BCUT2D eigenvalue weighted by Gasteiger charge is -2.31. The molecule has 0 spiro atoms. The number of carbonyl (C=O) groups excluding carboxylic acids is 1. The number of nitrogens with zero attached hydrogens (tertiary/aromatic N) is 1. The Kier molecular flexibility index (Phi) is 7.00. The number of halogens is 1. The maximum atomic E-state index is 14.1. The van der Waals surface area contributed by atoms with Gasteiger partial charge in [0.05, 0.1) is 11.8 Å². The average molecular weight is 482 g/mol. The molecule has 0 unspecified atom stereocenters. The van der Waals surface area contributed by atoms with Gasteiger partial charge in [0.2, 0.25) is 6.54 Å². The van der Waals surface area contributed by atoms with E-state index in [1.165, 1.54) is 0 Å². The largest absolute Gasteiger partial charge is 0.304 e. The number of hydrogen-bond donors (Lipinski definition) is 0. The van der Waals surface area contributed by atoms with Gasteiger partial charge >= 0.3 is 0 Å². The minimum Gasteiger partial charge on any atom is -0.304 e. The lowest BCUT2D eigenvalue weighted by molar-refractivity contribution is -0.483. The van der Waals surface area contributed by atoms with E-state index in [0.29, 0.717) is 0 Å². The highest BCUT2D eigenvalue weighted by atomic mass is 79.9. The van der Waals surface area contributed by atoms with Crippen molar-refractivity contribution < 1.29 is 9.72 Å². The molecule has 3 aromatic carbocycles. The van der Waals surface area contributed by atoms with Gasteiger partial charge in [-0.2, -0.15) is 0 Å². The first-order valence-corrected chi connectivity index (χ1v) is 13.6. The summed E-state index contributed by atoms with van der Waals surface area (Å²) in [6.45, 7) is 3.77. The number of carbonyl (C=O) groups is 1. The molecule has 0 bridgehead atoms. The topological polar surface area (TPSA) is 60.2 Å². The van der Waals surface area contributed by atoms with Crippen LogP contribution in [0.5, 0.6) is 0 Å². The molecule has 0 radical (unpaired) electrons. The van der Waals surface area contributed by atoms with Gasteiger partial charge in [0.25, 0.3) is 0 Å². The zero-order chi connectivity index (χ0) is 21.7. The van der Waals surface area contributed by atoms with Gasteiger partial charge in [-0.1, -0.05) is 107 Å². The van der Waals surface area contributed by atoms with Crippen LogP contribution in [-0.4, -0.2) is 24.9 Å². The minimum atomic E-state index is -2.56. The van der Waals surface area contributed by atoms with Gasteiger partial charge in [0, 0.05) is 9.40 Å². The smallest absolute Gasteiger partial charge is 0.211 e. The van der Waals surface area contributed by atoms with Crippen molar-refractivity contribution in [2.24, 2.45) is 0 Å². The Labute approximate surface area is 186 Å². The molecule has 0 saturated carbocycles. The molecule has 3 aromatic rings. The summed E-state index contributed by atoms with van der Waals surface area (Å²) in [6, 6.07) is 26.8. The molecule has 0 aliphatic heterocycles. The Morgan fingerprint density at radius 3 is 1.97 bits per heavy atom. The molecule has 0 aromatic heterocycles. The SMILES string of the molecule is C[Si](C)(C(=O)[C@H](c1ccccc1)[C@@H](C[N+](=O)[O-])c1ccc(Br)cc1)c1ccccc1. The first kappa shape index (κ1) is 22.1. The lowest BCUT2D eigenvalue weighted by Crippen LogP contribution is -2.53. The fraction of sp³-hybridized carbons (Fsp3) is 0.208. The second-order valence-electron chi connectivity index (χ2n) is 7.92. The molecule has 0 fully saturated rings. The van der Waals surface area contributed by atoms with Crippen LogP contribution in [0.4, 0.5) is 0 Å². The molecular formula is C24H24BrNO3Si. The summed E-state index contributed by atoms with van der Waals surface area (Å²) < 4.78 is 0.896. The Morgan fingerprint density at radius 1 is 0.900 bits per heavy atom. The highest BCUT2D eigenvalue weighted by Gasteiger charge is 2.43. The van der Waals surface area contributed by atoms with Crippen molar-refractivity contribution in [3.63, 3.8) is 0 Å². The molecule has 2 atom stereocenters. The van der Waals surface area contributed by atoms with Crippen LogP contribution in [0.1, 0.15) is 23.0 Å². The van der Waals surface area contributed by atoms with E-state index in [-0.39, 0.29) is 16.9 Å². The van der Waals surface area contributed by atoms with Crippen molar-refractivity contribution >= 4 is 34.6 Å². The predicted octanol–water partition coefficient (Wildman–Crippen LogP) is 5.32. The second kappa shape index (κ2) is 9.49. The van der Waals surface area contributed by atoms with Gasteiger partial charge in [0.1, 0.15) is 5.41 Å². The molecule has 0 aliphatic rings. The van der Waals surface area contributed by atoms with Crippen molar-refractivity contribution in [2.75, 3.05) is 6.54 Å². The molecule has 30 heavy (non-hydrogen) atoms. The Hall–Kier alpha value is -2.57. The molecule has 3 rings (SSSR count). The maximum Gasteiger partial charge on any atom is 0.211 e. The summed E-state index contributed by atoms with van der Waals surface area (Å²) in [5.74, 6) is -1.13. The van der Waals surface area contributed by atoms with Gasteiger partial charge in [-0.05, 0) is 23.3 Å². The maximum absolute atomic E-state index is 14.1. The molecule has 0 N–H and O–H groups in total. The van der Waals surface area contributed by atoms with Crippen molar-refractivity contribution in [3.05, 3.63) is 111 Å².